The van der Waals surface area contributed by atoms with Gasteiger partial charge in [0.25, 0.3) is 0 Å². The van der Waals surface area contributed by atoms with Gasteiger partial charge in [-0.1, -0.05) is 36.4 Å². The number of rotatable bonds is 7. The molecule has 0 saturated carbocycles. The third kappa shape index (κ3) is 6.22. The number of anilines is 2. The van der Waals surface area contributed by atoms with E-state index >= 15 is 0 Å². The Morgan fingerprint density at radius 2 is 1.62 bits per heavy atom. The predicted molar refractivity (Wildman–Crippen MR) is 144 cm³/mol. The Bertz CT molecular complexity index is 1400. The number of hydrogen-bond donors (Lipinski definition) is 2. The molecule has 0 fully saturated rings. The lowest BCUT2D eigenvalue weighted by Gasteiger charge is -2.26. The van der Waals surface area contributed by atoms with Crippen LogP contribution in [0, 0.1) is 19.7 Å². The van der Waals surface area contributed by atoms with Crippen molar-refractivity contribution in [2.45, 2.75) is 33.7 Å². The maximum absolute atomic E-state index is 13.5. The molecule has 0 aliphatic carbocycles. The zero-order chi connectivity index (χ0) is 26.5. The van der Waals surface area contributed by atoms with E-state index in [9.17, 15) is 14.0 Å². The minimum Gasteiger partial charge on any atom is -0.313 e. The van der Waals surface area contributed by atoms with Crippen molar-refractivity contribution in [2.75, 3.05) is 17.2 Å². The Labute approximate surface area is 215 Å². The number of carbonyl (C=O) groups is 2. The second kappa shape index (κ2) is 11.1. The minimum absolute atomic E-state index is 0.163. The van der Waals surface area contributed by atoms with Crippen molar-refractivity contribution >= 4 is 23.4 Å². The van der Waals surface area contributed by atoms with Crippen LogP contribution in [0.4, 0.5) is 20.7 Å². The Balaban J connectivity index is 1.55. The Morgan fingerprint density at radius 1 is 0.919 bits per heavy atom. The number of nitrogens with zero attached hydrogens (tertiary/aromatic N) is 3. The summed E-state index contributed by atoms with van der Waals surface area (Å²) in [5.74, 6) is -0.340. The van der Waals surface area contributed by atoms with Crippen molar-refractivity contribution in [2.24, 2.45) is 0 Å². The van der Waals surface area contributed by atoms with Crippen LogP contribution in [0.25, 0.3) is 16.9 Å². The first kappa shape index (κ1) is 25.6. The molecule has 4 rings (SSSR count). The van der Waals surface area contributed by atoms with Gasteiger partial charge in [-0.05, 0) is 75.2 Å². The predicted octanol–water partition coefficient (Wildman–Crippen LogP) is 6.18. The van der Waals surface area contributed by atoms with Gasteiger partial charge < -0.3 is 15.5 Å². The molecule has 0 radical (unpaired) electrons. The molecule has 1 heterocycles. The van der Waals surface area contributed by atoms with Crippen LogP contribution in [0.15, 0.2) is 78.9 Å². The van der Waals surface area contributed by atoms with Crippen molar-refractivity contribution in [3.05, 3.63) is 95.8 Å². The number of amides is 3. The largest absolute Gasteiger partial charge is 0.322 e. The third-order valence-electron chi connectivity index (χ3n) is 6.07. The molecule has 190 valence electrons. The fraction of sp³-hybridized carbons (Fsp3) is 0.207. The first-order valence-corrected chi connectivity index (χ1v) is 12.1. The number of hydrogen-bond acceptors (Lipinski definition) is 3. The first-order valence-electron chi connectivity index (χ1n) is 12.1. The number of aromatic nitrogens is 2. The summed E-state index contributed by atoms with van der Waals surface area (Å²) in [6, 6.07) is 22.2. The van der Waals surface area contributed by atoms with E-state index in [1.807, 2.05) is 76.2 Å². The molecule has 37 heavy (non-hydrogen) atoms. The van der Waals surface area contributed by atoms with Crippen LogP contribution < -0.4 is 10.6 Å². The SMILES string of the molecule is Cc1ccc(NC(=O)N(CC(=O)Nc2cc(-c3ccccc3)nn2-c2ccc(F)cc2)C(C)C)cc1C. The first-order chi connectivity index (χ1) is 17.7. The molecule has 0 saturated heterocycles. The molecule has 3 aromatic carbocycles. The molecule has 0 bridgehead atoms. The topological polar surface area (TPSA) is 79.3 Å². The standard InChI is InChI=1S/C29H30FN5O2/c1-19(2)34(29(37)31-24-13-10-20(3)21(4)16-24)18-28(36)32-27-17-26(22-8-6-5-7-9-22)33-35(27)25-14-11-23(30)12-15-25/h5-17,19H,18H2,1-4H3,(H,31,37)(H,32,36). The minimum atomic E-state index is -0.383. The highest BCUT2D eigenvalue weighted by Crippen LogP contribution is 2.25. The molecule has 0 spiro atoms. The van der Waals surface area contributed by atoms with E-state index in [1.54, 1.807) is 22.9 Å². The third-order valence-corrected chi connectivity index (χ3v) is 6.07. The summed E-state index contributed by atoms with van der Waals surface area (Å²) in [6.45, 7) is 7.52. The van der Waals surface area contributed by atoms with Crippen molar-refractivity contribution in [3.63, 3.8) is 0 Å². The maximum atomic E-state index is 13.5. The van der Waals surface area contributed by atoms with Crippen LogP contribution in [0.3, 0.4) is 0 Å². The Morgan fingerprint density at radius 3 is 2.27 bits per heavy atom. The number of urea groups is 1. The molecule has 1 aromatic heterocycles. The molecule has 0 aliphatic rings. The highest BCUT2D eigenvalue weighted by atomic mass is 19.1. The van der Waals surface area contributed by atoms with E-state index in [2.05, 4.69) is 15.7 Å². The summed E-state index contributed by atoms with van der Waals surface area (Å²) >= 11 is 0. The highest BCUT2D eigenvalue weighted by molar-refractivity contribution is 5.97. The van der Waals surface area contributed by atoms with Crippen LogP contribution in [-0.2, 0) is 4.79 Å². The summed E-state index contributed by atoms with van der Waals surface area (Å²) in [5.41, 5.74) is 4.97. The fourth-order valence-electron chi connectivity index (χ4n) is 3.84. The van der Waals surface area contributed by atoms with Gasteiger partial charge >= 0.3 is 6.03 Å². The Kier molecular flexibility index (Phi) is 7.67. The quantitative estimate of drug-likeness (QED) is 0.319. The molecule has 0 aliphatic heterocycles. The van der Waals surface area contributed by atoms with Crippen molar-refractivity contribution in [1.82, 2.24) is 14.7 Å². The molecule has 8 heteroatoms. The normalized spacial score (nSPS) is 10.9. The van der Waals surface area contributed by atoms with E-state index in [0.29, 0.717) is 22.9 Å². The summed E-state index contributed by atoms with van der Waals surface area (Å²) in [4.78, 5) is 27.6. The van der Waals surface area contributed by atoms with Crippen LogP contribution in [0.5, 0.6) is 0 Å². The molecular weight excluding hydrogens is 469 g/mol. The summed E-state index contributed by atoms with van der Waals surface area (Å²) < 4.78 is 15.1. The average molecular weight is 500 g/mol. The van der Waals surface area contributed by atoms with Gasteiger partial charge in [0.15, 0.2) is 0 Å². The fourth-order valence-corrected chi connectivity index (χ4v) is 3.84. The lowest BCUT2D eigenvalue weighted by molar-refractivity contribution is -0.117. The lowest BCUT2D eigenvalue weighted by Crippen LogP contribution is -2.44. The molecular formula is C29H30FN5O2. The van der Waals surface area contributed by atoms with E-state index in [1.165, 1.54) is 17.0 Å². The van der Waals surface area contributed by atoms with E-state index in [0.717, 1.165) is 16.7 Å². The number of nitrogens with one attached hydrogen (secondary N) is 2. The van der Waals surface area contributed by atoms with Crippen molar-refractivity contribution in [3.8, 4) is 16.9 Å². The average Bonchev–Trinajstić information content (AvgIpc) is 3.29. The summed E-state index contributed by atoms with van der Waals surface area (Å²) in [7, 11) is 0. The summed E-state index contributed by atoms with van der Waals surface area (Å²) in [5, 5.41) is 10.4. The van der Waals surface area contributed by atoms with Gasteiger partial charge in [-0.3, -0.25) is 4.79 Å². The van der Waals surface area contributed by atoms with Gasteiger partial charge in [-0.15, -0.1) is 0 Å². The van der Waals surface area contributed by atoms with Gasteiger partial charge in [0.05, 0.1) is 11.4 Å². The van der Waals surface area contributed by atoms with Gasteiger partial charge in [0.1, 0.15) is 18.2 Å². The number of aryl methyl sites for hydroxylation is 2. The molecule has 4 aromatic rings. The van der Waals surface area contributed by atoms with Gasteiger partial charge in [0.2, 0.25) is 5.91 Å². The Hall–Kier alpha value is -4.46. The molecule has 3 amide bonds. The smallest absolute Gasteiger partial charge is 0.313 e. The van der Waals surface area contributed by atoms with Crippen LogP contribution in [0.1, 0.15) is 25.0 Å². The second-order valence-corrected chi connectivity index (χ2v) is 9.17. The monoisotopic (exact) mass is 499 g/mol. The van der Waals surface area contributed by atoms with E-state index in [4.69, 9.17) is 0 Å². The molecule has 7 nitrogen and oxygen atoms in total. The summed E-state index contributed by atoms with van der Waals surface area (Å²) in [6.07, 6.45) is 0. The number of halogens is 1. The molecule has 0 atom stereocenters. The number of benzene rings is 3. The highest BCUT2D eigenvalue weighted by Gasteiger charge is 2.22. The van der Waals surface area contributed by atoms with E-state index in [-0.39, 0.29) is 30.3 Å². The second-order valence-electron chi connectivity index (χ2n) is 9.17. The van der Waals surface area contributed by atoms with Gasteiger partial charge in [-0.25, -0.2) is 13.9 Å². The van der Waals surface area contributed by atoms with E-state index < -0.39 is 0 Å². The zero-order valence-electron chi connectivity index (χ0n) is 21.3. The molecule has 2 N–H and O–H groups in total. The van der Waals surface area contributed by atoms with Crippen LogP contribution >= 0.6 is 0 Å². The molecule has 0 unspecified atom stereocenters. The maximum Gasteiger partial charge on any atom is 0.322 e. The van der Waals surface area contributed by atoms with Gasteiger partial charge in [-0.2, -0.15) is 5.10 Å². The van der Waals surface area contributed by atoms with Crippen molar-refractivity contribution < 1.29 is 14.0 Å². The van der Waals surface area contributed by atoms with Gasteiger partial charge in [0, 0.05) is 23.4 Å². The zero-order valence-corrected chi connectivity index (χ0v) is 21.3. The number of carbonyl (C=O) groups excluding carboxylic acids is 2. The van der Waals surface area contributed by atoms with Crippen LogP contribution in [0.2, 0.25) is 0 Å². The van der Waals surface area contributed by atoms with Crippen molar-refractivity contribution in [1.29, 1.82) is 0 Å². The van der Waals surface area contributed by atoms with Crippen LogP contribution in [-0.4, -0.2) is 39.2 Å². The lowest BCUT2D eigenvalue weighted by atomic mass is 10.1.